The van der Waals surface area contributed by atoms with Crippen LogP contribution in [0.5, 0.6) is 0 Å². The van der Waals surface area contributed by atoms with Gasteiger partial charge in [0.2, 0.25) is 16.2 Å². The highest BCUT2D eigenvalue weighted by atomic mass is 32.2. The normalized spacial score (nSPS) is 14.7. The average Bonchev–Trinajstić information content (AvgIpc) is 2.86. The summed E-state index contributed by atoms with van der Waals surface area (Å²) in [5, 5.41) is 0.288. The third kappa shape index (κ3) is 6.16. The maximum atomic E-state index is 12.1. The SMILES string of the molecule is C=C=C=C(N1C(=CC=CC=Cc2ccc3ccccc3[n+]2CS(=O)(=O)O)C=Cc2ccccc21)S(=O)(=O)O. The second kappa shape index (κ2) is 11.0. The Bertz CT molecular complexity index is 1840. The minimum absolute atomic E-state index is 0.427. The standard InChI is InChI=1S/C28H22N2O6S2/c1-2-10-28(38(34,35)36)30-25(20-18-23-12-7-9-16-27(23)30)14-5-3-4-13-24-19-17-22-11-6-8-15-26(22)29(24)21-37(31,32)33/h3-9,11-20H,1,21H2,(H-,31,32,33,34,35,36)/p+1. The second-order valence-corrected chi connectivity index (χ2v) is 10.9. The number of pyridine rings is 1. The molecular weight excluding hydrogens is 524 g/mol. The average molecular weight is 548 g/mol. The lowest BCUT2D eigenvalue weighted by Gasteiger charge is -2.29. The van der Waals surface area contributed by atoms with Crippen LogP contribution in [0.3, 0.4) is 0 Å². The third-order valence-electron chi connectivity index (χ3n) is 5.53. The second-order valence-electron chi connectivity index (χ2n) is 8.10. The zero-order valence-corrected chi connectivity index (χ0v) is 21.6. The molecule has 0 atom stereocenters. The first-order chi connectivity index (χ1) is 18.1. The summed E-state index contributed by atoms with van der Waals surface area (Å²) in [6.07, 6.45) is 11.8. The maximum Gasteiger partial charge on any atom is 0.326 e. The van der Waals surface area contributed by atoms with Crippen molar-refractivity contribution in [3.05, 3.63) is 131 Å². The van der Waals surface area contributed by atoms with Gasteiger partial charge < -0.3 is 0 Å². The van der Waals surface area contributed by atoms with Crippen molar-refractivity contribution in [3.63, 3.8) is 0 Å². The summed E-state index contributed by atoms with van der Waals surface area (Å²) >= 11 is 0. The van der Waals surface area contributed by atoms with E-state index >= 15 is 0 Å². The molecule has 2 aromatic carbocycles. The van der Waals surface area contributed by atoms with E-state index in [2.05, 4.69) is 18.0 Å². The van der Waals surface area contributed by atoms with Crippen LogP contribution in [0.25, 0.3) is 23.1 Å². The van der Waals surface area contributed by atoms with E-state index in [4.69, 9.17) is 0 Å². The molecule has 0 aliphatic carbocycles. The molecule has 0 radical (unpaired) electrons. The Hall–Kier alpha value is -4.27. The lowest BCUT2D eigenvalue weighted by Crippen LogP contribution is -2.41. The summed E-state index contributed by atoms with van der Waals surface area (Å²) in [7, 11) is -8.96. The van der Waals surface area contributed by atoms with Gasteiger partial charge in [-0.25, -0.2) is 0 Å². The van der Waals surface area contributed by atoms with Crippen LogP contribution < -0.4 is 9.47 Å². The molecule has 0 bridgehead atoms. The predicted molar refractivity (Wildman–Crippen MR) is 148 cm³/mol. The van der Waals surface area contributed by atoms with Crippen molar-refractivity contribution in [3.8, 4) is 0 Å². The third-order valence-corrected chi connectivity index (χ3v) is 6.89. The molecule has 3 aromatic rings. The molecule has 0 saturated heterocycles. The molecule has 10 heteroatoms. The fourth-order valence-electron chi connectivity index (χ4n) is 3.99. The van der Waals surface area contributed by atoms with Crippen molar-refractivity contribution in [1.82, 2.24) is 0 Å². The van der Waals surface area contributed by atoms with Gasteiger partial charge in [0.1, 0.15) is 0 Å². The first-order valence-corrected chi connectivity index (χ1v) is 14.2. The lowest BCUT2D eigenvalue weighted by molar-refractivity contribution is -0.653. The van der Waals surface area contributed by atoms with Crippen LogP contribution in [0.4, 0.5) is 5.69 Å². The maximum absolute atomic E-state index is 12.1. The number of rotatable bonds is 7. The lowest BCUT2D eigenvalue weighted by atomic mass is 10.1. The van der Waals surface area contributed by atoms with E-state index in [1.807, 2.05) is 30.3 Å². The Morgan fingerprint density at radius 1 is 0.921 bits per heavy atom. The van der Waals surface area contributed by atoms with Gasteiger partial charge in [0.15, 0.2) is 0 Å². The molecule has 2 heterocycles. The van der Waals surface area contributed by atoms with Crippen molar-refractivity contribution in [2.75, 3.05) is 4.90 Å². The van der Waals surface area contributed by atoms with E-state index in [0.29, 0.717) is 22.6 Å². The van der Waals surface area contributed by atoms with Crippen LogP contribution in [0, 0.1) is 0 Å². The molecule has 0 spiro atoms. The van der Waals surface area contributed by atoms with Crippen LogP contribution in [0.1, 0.15) is 11.3 Å². The number of allylic oxidation sites excluding steroid dienone is 5. The highest BCUT2D eigenvalue weighted by Gasteiger charge is 2.28. The zero-order valence-electron chi connectivity index (χ0n) is 20.0. The number of benzene rings is 2. The van der Waals surface area contributed by atoms with E-state index in [-0.39, 0.29) is 0 Å². The number of anilines is 1. The van der Waals surface area contributed by atoms with E-state index < -0.39 is 31.1 Å². The summed E-state index contributed by atoms with van der Waals surface area (Å²) < 4.78 is 68.3. The summed E-state index contributed by atoms with van der Waals surface area (Å²) in [4.78, 5) is 1.33. The highest BCUT2D eigenvalue weighted by Crippen LogP contribution is 2.35. The van der Waals surface area contributed by atoms with Gasteiger partial charge >= 0.3 is 20.2 Å². The van der Waals surface area contributed by atoms with Crippen molar-refractivity contribution < 1.29 is 30.5 Å². The zero-order chi connectivity index (χ0) is 27.3. The summed E-state index contributed by atoms with van der Waals surface area (Å²) in [5.41, 5.74) is 7.53. The summed E-state index contributed by atoms with van der Waals surface area (Å²) in [6, 6.07) is 17.9. The minimum Gasteiger partial charge on any atom is -0.291 e. The molecule has 38 heavy (non-hydrogen) atoms. The van der Waals surface area contributed by atoms with E-state index in [9.17, 15) is 25.9 Å². The number of nitrogens with zero attached hydrogens (tertiary/aromatic N) is 2. The largest absolute Gasteiger partial charge is 0.326 e. The Labute approximate surface area is 221 Å². The molecular formula is C28H23N2O6S2+. The van der Waals surface area contributed by atoms with Gasteiger partial charge in [-0.3, -0.25) is 14.0 Å². The number of fused-ring (bicyclic) bond motifs is 2. The number of para-hydroxylation sites is 2. The number of hydrogen-bond donors (Lipinski definition) is 2. The fourth-order valence-corrected chi connectivity index (χ4v) is 5.24. The van der Waals surface area contributed by atoms with Gasteiger partial charge in [0.05, 0.1) is 5.69 Å². The van der Waals surface area contributed by atoms with Gasteiger partial charge in [-0.2, -0.15) is 21.4 Å². The molecule has 192 valence electrons. The molecule has 8 nitrogen and oxygen atoms in total. The Balaban J connectivity index is 1.70. The molecule has 0 fully saturated rings. The van der Waals surface area contributed by atoms with Gasteiger partial charge in [0.25, 0.3) is 5.88 Å². The smallest absolute Gasteiger partial charge is 0.291 e. The molecule has 1 aromatic heterocycles. The molecule has 0 saturated carbocycles. The number of aromatic nitrogens is 1. The van der Waals surface area contributed by atoms with Gasteiger partial charge in [-0.05, 0) is 48.2 Å². The van der Waals surface area contributed by atoms with E-state index in [0.717, 1.165) is 10.9 Å². The summed E-state index contributed by atoms with van der Waals surface area (Å²) in [5.74, 6) is -0.609. The van der Waals surface area contributed by atoms with Gasteiger partial charge in [0, 0.05) is 29.3 Å². The summed E-state index contributed by atoms with van der Waals surface area (Å²) in [6.45, 7) is 3.38. The molecule has 4 rings (SSSR count). The molecule has 1 aliphatic rings. The van der Waals surface area contributed by atoms with Crippen LogP contribution in [-0.2, 0) is 26.1 Å². The van der Waals surface area contributed by atoms with E-state index in [1.165, 1.54) is 9.47 Å². The monoisotopic (exact) mass is 547 g/mol. The Kier molecular flexibility index (Phi) is 7.75. The quantitative estimate of drug-likeness (QED) is 0.192. The number of hydrogen-bond acceptors (Lipinski definition) is 5. The first-order valence-electron chi connectivity index (χ1n) is 11.2. The van der Waals surface area contributed by atoms with Crippen LogP contribution in [0.2, 0.25) is 0 Å². The van der Waals surface area contributed by atoms with Crippen LogP contribution in [-0.4, -0.2) is 25.9 Å². The Morgan fingerprint density at radius 2 is 1.66 bits per heavy atom. The van der Waals surface area contributed by atoms with Crippen molar-refractivity contribution in [1.29, 1.82) is 0 Å². The van der Waals surface area contributed by atoms with Crippen molar-refractivity contribution in [2.45, 2.75) is 5.88 Å². The molecule has 2 N–H and O–H groups in total. The Morgan fingerprint density at radius 3 is 2.39 bits per heavy atom. The molecule has 0 amide bonds. The minimum atomic E-state index is -4.67. The van der Waals surface area contributed by atoms with Gasteiger partial charge in [-0.15, -0.1) is 0 Å². The molecule has 1 aliphatic heterocycles. The molecule has 0 unspecified atom stereocenters. The first kappa shape index (κ1) is 26.8. The van der Waals surface area contributed by atoms with Gasteiger partial charge in [-0.1, -0.05) is 60.4 Å². The van der Waals surface area contributed by atoms with Crippen molar-refractivity contribution >= 4 is 49.0 Å². The predicted octanol–water partition coefficient (Wildman–Crippen LogP) is 4.63. The van der Waals surface area contributed by atoms with Crippen molar-refractivity contribution in [2.24, 2.45) is 0 Å². The topological polar surface area (TPSA) is 116 Å². The van der Waals surface area contributed by atoms with E-state index in [1.54, 1.807) is 72.9 Å². The highest BCUT2D eigenvalue weighted by molar-refractivity contribution is 7.90. The fraction of sp³-hybridized carbons (Fsp3) is 0.0357. The van der Waals surface area contributed by atoms with Crippen LogP contribution >= 0.6 is 0 Å². The van der Waals surface area contributed by atoms with Crippen LogP contribution in [0.15, 0.2) is 120 Å².